The third-order valence-corrected chi connectivity index (χ3v) is 4.63. The molecule has 2 N–H and O–H groups in total. The first kappa shape index (κ1) is 13.9. The molecule has 0 radical (unpaired) electrons. The van der Waals surface area contributed by atoms with E-state index in [1.165, 1.54) is 11.3 Å². The van der Waals surface area contributed by atoms with Crippen molar-refractivity contribution in [2.45, 2.75) is 63.2 Å². The van der Waals surface area contributed by atoms with Crippen molar-refractivity contribution >= 4 is 0 Å². The summed E-state index contributed by atoms with van der Waals surface area (Å²) in [5, 5.41) is 10.5. The predicted octanol–water partition coefficient (Wildman–Crippen LogP) is 2.98. The SMILES string of the molecule is FC(F)(F)[C@@H]1CCC[C@H](N[C@H]2CCc3[nH]ncc3C2)C1. The van der Waals surface area contributed by atoms with Gasteiger partial charge in [-0.1, -0.05) is 6.42 Å². The average Bonchev–Trinajstić information content (AvgIpc) is 2.85. The second-order valence-corrected chi connectivity index (χ2v) is 6.08. The molecule has 1 fully saturated rings. The average molecular weight is 287 g/mol. The zero-order valence-electron chi connectivity index (χ0n) is 11.3. The highest BCUT2D eigenvalue weighted by atomic mass is 19.4. The molecule has 1 aromatic heterocycles. The molecule has 6 heteroatoms. The molecule has 1 saturated carbocycles. The quantitative estimate of drug-likeness (QED) is 0.878. The number of nitrogens with zero attached hydrogens (tertiary/aromatic N) is 1. The number of aromatic nitrogens is 2. The molecule has 0 saturated heterocycles. The minimum atomic E-state index is -4.04. The second kappa shape index (κ2) is 5.39. The first-order valence-corrected chi connectivity index (χ1v) is 7.36. The van der Waals surface area contributed by atoms with Crippen LogP contribution >= 0.6 is 0 Å². The highest BCUT2D eigenvalue weighted by molar-refractivity contribution is 5.21. The maximum Gasteiger partial charge on any atom is 0.391 e. The Balaban J connectivity index is 1.56. The van der Waals surface area contributed by atoms with Crippen LogP contribution in [0.3, 0.4) is 0 Å². The zero-order chi connectivity index (χ0) is 14.2. The summed E-state index contributed by atoms with van der Waals surface area (Å²) in [4.78, 5) is 0. The molecule has 0 unspecified atom stereocenters. The summed E-state index contributed by atoms with van der Waals surface area (Å²) in [6.07, 6.45) is 2.64. The molecule has 2 aliphatic carbocycles. The van der Waals surface area contributed by atoms with Crippen molar-refractivity contribution in [1.29, 1.82) is 0 Å². The van der Waals surface area contributed by atoms with E-state index in [-0.39, 0.29) is 24.9 Å². The number of H-pyrrole nitrogens is 1. The summed E-state index contributed by atoms with van der Waals surface area (Å²) >= 11 is 0. The Kier molecular flexibility index (Phi) is 3.75. The van der Waals surface area contributed by atoms with Gasteiger partial charge < -0.3 is 5.32 Å². The number of aromatic amines is 1. The van der Waals surface area contributed by atoms with Gasteiger partial charge in [0.15, 0.2) is 0 Å². The van der Waals surface area contributed by atoms with E-state index in [0.29, 0.717) is 6.42 Å². The summed E-state index contributed by atoms with van der Waals surface area (Å²) in [6.45, 7) is 0. The van der Waals surface area contributed by atoms with Gasteiger partial charge in [-0.3, -0.25) is 5.10 Å². The van der Waals surface area contributed by atoms with Gasteiger partial charge in [0.2, 0.25) is 0 Å². The van der Waals surface area contributed by atoms with Crippen molar-refractivity contribution in [2.75, 3.05) is 0 Å². The number of alkyl halides is 3. The Morgan fingerprint density at radius 2 is 2.05 bits per heavy atom. The van der Waals surface area contributed by atoms with E-state index in [4.69, 9.17) is 0 Å². The van der Waals surface area contributed by atoms with Crippen LogP contribution in [0.1, 0.15) is 43.4 Å². The van der Waals surface area contributed by atoms with Gasteiger partial charge in [-0.2, -0.15) is 18.3 Å². The number of hydrogen-bond donors (Lipinski definition) is 2. The Hall–Kier alpha value is -1.04. The Morgan fingerprint density at radius 3 is 2.85 bits per heavy atom. The van der Waals surface area contributed by atoms with Gasteiger partial charge >= 0.3 is 6.18 Å². The zero-order valence-corrected chi connectivity index (χ0v) is 11.3. The van der Waals surface area contributed by atoms with Crippen molar-refractivity contribution in [3.63, 3.8) is 0 Å². The summed E-state index contributed by atoms with van der Waals surface area (Å²) < 4.78 is 38.4. The standard InChI is InChI=1S/C14H20F3N3/c15-14(16,17)10-2-1-3-11(7-10)19-12-4-5-13-9(6-12)8-18-20-13/h8,10-12,19H,1-7H2,(H,18,20)/t10-,11+,12+/m1/s1. The van der Waals surface area contributed by atoms with Crippen LogP contribution in [0.5, 0.6) is 0 Å². The van der Waals surface area contributed by atoms with Crippen molar-refractivity contribution in [1.82, 2.24) is 15.5 Å². The highest BCUT2D eigenvalue weighted by Gasteiger charge is 2.42. The fourth-order valence-electron chi connectivity index (χ4n) is 3.53. The van der Waals surface area contributed by atoms with E-state index in [2.05, 4.69) is 15.5 Å². The molecule has 1 aromatic rings. The molecular weight excluding hydrogens is 267 g/mol. The Bertz CT molecular complexity index is 455. The highest BCUT2D eigenvalue weighted by Crippen LogP contribution is 2.37. The lowest BCUT2D eigenvalue weighted by molar-refractivity contribution is -0.183. The van der Waals surface area contributed by atoms with E-state index < -0.39 is 12.1 Å². The lowest BCUT2D eigenvalue weighted by Crippen LogP contribution is -2.45. The van der Waals surface area contributed by atoms with Crippen molar-refractivity contribution < 1.29 is 13.2 Å². The lowest BCUT2D eigenvalue weighted by atomic mass is 9.84. The normalized spacial score (nSPS) is 31.1. The van der Waals surface area contributed by atoms with Gasteiger partial charge in [0, 0.05) is 17.8 Å². The largest absolute Gasteiger partial charge is 0.391 e. The molecule has 0 aliphatic heterocycles. The van der Waals surface area contributed by atoms with Gasteiger partial charge in [-0.15, -0.1) is 0 Å². The first-order chi connectivity index (χ1) is 9.52. The number of hydrogen-bond acceptors (Lipinski definition) is 2. The van der Waals surface area contributed by atoms with Gasteiger partial charge in [-0.05, 0) is 44.1 Å². The monoisotopic (exact) mass is 287 g/mol. The summed E-state index contributed by atoms with van der Waals surface area (Å²) in [5.41, 5.74) is 2.39. The summed E-state index contributed by atoms with van der Waals surface area (Å²) in [5.74, 6) is -1.12. The third-order valence-electron chi connectivity index (χ3n) is 4.63. The van der Waals surface area contributed by atoms with Crippen LogP contribution in [0.15, 0.2) is 6.20 Å². The number of aryl methyl sites for hydroxylation is 1. The molecule has 20 heavy (non-hydrogen) atoms. The number of rotatable bonds is 2. The van der Waals surface area contributed by atoms with Crippen LogP contribution < -0.4 is 5.32 Å². The molecule has 112 valence electrons. The number of halogens is 3. The minimum Gasteiger partial charge on any atom is -0.311 e. The van der Waals surface area contributed by atoms with Crippen molar-refractivity contribution in [3.8, 4) is 0 Å². The van der Waals surface area contributed by atoms with E-state index in [1.54, 1.807) is 0 Å². The Labute approximate surface area is 116 Å². The molecular formula is C14H20F3N3. The smallest absolute Gasteiger partial charge is 0.311 e. The maximum atomic E-state index is 12.8. The van der Waals surface area contributed by atoms with Gasteiger partial charge in [0.25, 0.3) is 0 Å². The van der Waals surface area contributed by atoms with Gasteiger partial charge in [-0.25, -0.2) is 0 Å². The van der Waals surface area contributed by atoms with Crippen LogP contribution in [-0.4, -0.2) is 28.5 Å². The molecule has 0 amide bonds. The van der Waals surface area contributed by atoms with E-state index in [9.17, 15) is 13.2 Å². The topological polar surface area (TPSA) is 40.7 Å². The predicted molar refractivity (Wildman–Crippen MR) is 69.3 cm³/mol. The van der Waals surface area contributed by atoms with Crippen LogP contribution in [0.4, 0.5) is 13.2 Å². The fraction of sp³-hybridized carbons (Fsp3) is 0.786. The second-order valence-electron chi connectivity index (χ2n) is 6.08. The summed E-state index contributed by atoms with van der Waals surface area (Å²) in [7, 11) is 0. The van der Waals surface area contributed by atoms with E-state index >= 15 is 0 Å². The first-order valence-electron chi connectivity index (χ1n) is 7.36. The van der Waals surface area contributed by atoms with E-state index in [0.717, 1.165) is 25.7 Å². The van der Waals surface area contributed by atoms with Crippen LogP contribution in [-0.2, 0) is 12.8 Å². The maximum absolute atomic E-state index is 12.8. The van der Waals surface area contributed by atoms with Gasteiger partial charge in [0.05, 0.1) is 12.1 Å². The number of fused-ring (bicyclic) bond motifs is 1. The fourth-order valence-corrected chi connectivity index (χ4v) is 3.53. The number of nitrogens with one attached hydrogen (secondary N) is 2. The molecule has 2 aliphatic rings. The molecule has 0 spiro atoms. The van der Waals surface area contributed by atoms with Crippen molar-refractivity contribution in [3.05, 3.63) is 17.5 Å². The Morgan fingerprint density at radius 1 is 1.20 bits per heavy atom. The molecule has 3 nitrogen and oxygen atoms in total. The van der Waals surface area contributed by atoms with Crippen LogP contribution in [0, 0.1) is 5.92 Å². The minimum absolute atomic E-state index is 0.00817. The van der Waals surface area contributed by atoms with Crippen molar-refractivity contribution in [2.24, 2.45) is 5.92 Å². The van der Waals surface area contributed by atoms with Crippen LogP contribution in [0.2, 0.25) is 0 Å². The molecule has 0 bridgehead atoms. The molecule has 3 atom stereocenters. The van der Waals surface area contributed by atoms with Gasteiger partial charge in [0.1, 0.15) is 0 Å². The molecule has 1 heterocycles. The summed E-state index contributed by atoms with van der Waals surface area (Å²) in [6, 6.07) is 0.297. The van der Waals surface area contributed by atoms with E-state index in [1.807, 2.05) is 6.20 Å². The van der Waals surface area contributed by atoms with Crippen LogP contribution in [0.25, 0.3) is 0 Å². The molecule has 3 rings (SSSR count). The molecule has 0 aromatic carbocycles. The lowest BCUT2D eigenvalue weighted by Gasteiger charge is -2.34. The third kappa shape index (κ3) is 3.00.